The van der Waals surface area contributed by atoms with Crippen LogP contribution >= 0.6 is 0 Å². The Hall–Kier alpha value is -3.81. The zero-order valence-electron chi connectivity index (χ0n) is 20.6. The van der Waals surface area contributed by atoms with Crippen molar-refractivity contribution in [2.75, 3.05) is 19.0 Å². The molecule has 1 heterocycles. The van der Waals surface area contributed by atoms with Crippen molar-refractivity contribution in [1.29, 1.82) is 0 Å². The Morgan fingerprint density at radius 1 is 1.06 bits per heavy atom. The van der Waals surface area contributed by atoms with Gasteiger partial charge in [0.2, 0.25) is 0 Å². The minimum absolute atomic E-state index is 0.240. The van der Waals surface area contributed by atoms with Gasteiger partial charge in [0, 0.05) is 24.7 Å². The lowest BCUT2D eigenvalue weighted by Gasteiger charge is -2.14. The number of benzene rings is 2. The van der Waals surface area contributed by atoms with E-state index < -0.39 is 0 Å². The molecule has 0 radical (unpaired) electrons. The maximum absolute atomic E-state index is 13.0. The molecule has 0 aliphatic heterocycles. The zero-order chi connectivity index (χ0) is 24.8. The van der Waals surface area contributed by atoms with Crippen LogP contribution in [-0.4, -0.2) is 35.2 Å². The van der Waals surface area contributed by atoms with Gasteiger partial charge in [-0.2, -0.15) is 5.10 Å². The summed E-state index contributed by atoms with van der Waals surface area (Å²) in [6.07, 6.45) is 1.47. The van der Waals surface area contributed by atoms with Gasteiger partial charge in [-0.1, -0.05) is 26.0 Å². The van der Waals surface area contributed by atoms with Crippen molar-refractivity contribution in [1.82, 2.24) is 15.1 Å². The van der Waals surface area contributed by atoms with Gasteiger partial charge in [-0.3, -0.25) is 14.3 Å². The summed E-state index contributed by atoms with van der Waals surface area (Å²) in [6.45, 7) is 8.78. The molecule has 0 fully saturated rings. The fourth-order valence-corrected chi connectivity index (χ4v) is 3.42. The summed E-state index contributed by atoms with van der Waals surface area (Å²) < 4.78 is 12.9. The van der Waals surface area contributed by atoms with Crippen LogP contribution in [0.1, 0.15) is 51.4 Å². The molecule has 3 rings (SSSR count). The molecule has 3 aromatic rings. The van der Waals surface area contributed by atoms with Crippen molar-refractivity contribution < 1.29 is 19.1 Å². The third-order valence-electron chi connectivity index (χ3n) is 5.34. The van der Waals surface area contributed by atoms with Crippen LogP contribution in [0.3, 0.4) is 0 Å². The van der Waals surface area contributed by atoms with Crippen molar-refractivity contribution in [3.8, 4) is 11.5 Å². The third kappa shape index (κ3) is 5.95. The fraction of sp³-hybridized carbons (Fsp3) is 0.346. The lowest BCUT2D eigenvalue weighted by atomic mass is 10.1. The van der Waals surface area contributed by atoms with E-state index in [0.29, 0.717) is 35.2 Å². The quantitative estimate of drug-likeness (QED) is 0.493. The smallest absolute Gasteiger partial charge is 0.271 e. The number of ether oxygens (including phenoxy) is 2. The van der Waals surface area contributed by atoms with Crippen LogP contribution in [0.25, 0.3) is 0 Å². The topological polar surface area (TPSA) is 94.5 Å². The summed E-state index contributed by atoms with van der Waals surface area (Å²) in [5, 5.41) is 9.80. The number of hydrogen-bond acceptors (Lipinski definition) is 5. The summed E-state index contributed by atoms with van der Waals surface area (Å²) in [5.41, 5.74) is 3.91. The van der Waals surface area contributed by atoms with Crippen LogP contribution in [0.15, 0.2) is 42.6 Å². The predicted octanol–water partition coefficient (Wildman–Crippen LogP) is 4.26. The minimum Gasteiger partial charge on any atom is -0.496 e. The van der Waals surface area contributed by atoms with Gasteiger partial charge in [0.1, 0.15) is 23.8 Å². The monoisotopic (exact) mass is 464 g/mol. The number of hydrogen-bond donors (Lipinski definition) is 2. The summed E-state index contributed by atoms with van der Waals surface area (Å²) in [4.78, 5) is 25.7. The van der Waals surface area contributed by atoms with E-state index >= 15 is 0 Å². The molecule has 0 atom stereocenters. The van der Waals surface area contributed by atoms with Crippen LogP contribution < -0.4 is 20.1 Å². The fourth-order valence-electron chi connectivity index (χ4n) is 3.42. The molecular formula is C26H32N4O4. The highest BCUT2D eigenvalue weighted by atomic mass is 16.5. The van der Waals surface area contributed by atoms with E-state index in [4.69, 9.17) is 9.47 Å². The summed E-state index contributed by atoms with van der Waals surface area (Å²) in [6, 6.07) is 11.2. The van der Waals surface area contributed by atoms with Gasteiger partial charge in [-0.05, 0) is 55.2 Å². The van der Waals surface area contributed by atoms with E-state index in [2.05, 4.69) is 15.7 Å². The first-order chi connectivity index (χ1) is 16.2. The van der Waals surface area contributed by atoms with E-state index in [1.54, 1.807) is 32.4 Å². The Morgan fingerprint density at radius 2 is 1.82 bits per heavy atom. The van der Waals surface area contributed by atoms with Crippen molar-refractivity contribution >= 4 is 17.5 Å². The van der Waals surface area contributed by atoms with E-state index in [0.717, 1.165) is 22.4 Å². The van der Waals surface area contributed by atoms with Crippen LogP contribution in [0.4, 0.5) is 5.69 Å². The van der Waals surface area contributed by atoms with E-state index in [1.807, 2.05) is 45.9 Å². The van der Waals surface area contributed by atoms with Crippen LogP contribution in [-0.2, 0) is 13.7 Å². The predicted molar refractivity (Wildman–Crippen MR) is 132 cm³/mol. The average Bonchev–Trinajstić information content (AvgIpc) is 3.17. The molecule has 8 heteroatoms. The Morgan fingerprint density at radius 3 is 2.53 bits per heavy atom. The van der Waals surface area contributed by atoms with Crippen LogP contribution in [0.2, 0.25) is 0 Å². The van der Waals surface area contributed by atoms with Gasteiger partial charge < -0.3 is 20.1 Å². The molecule has 2 N–H and O–H groups in total. The second-order valence-corrected chi connectivity index (χ2v) is 8.67. The van der Waals surface area contributed by atoms with Gasteiger partial charge in [0.15, 0.2) is 0 Å². The molecule has 0 aliphatic carbocycles. The van der Waals surface area contributed by atoms with Gasteiger partial charge in [0.25, 0.3) is 11.8 Å². The number of carbonyl (C=O) groups excluding carboxylic acids is 2. The lowest BCUT2D eigenvalue weighted by Crippen LogP contribution is -2.30. The molecule has 0 aliphatic rings. The van der Waals surface area contributed by atoms with Gasteiger partial charge in [-0.25, -0.2) is 0 Å². The number of carbonyl (C=O) groups is 2. The third-order valence-corrected chi connectivity index (χ3v) is 5.34. The number of nitrogens with zero attached hydrogens (tertiary/aromatic N) is 2. The van der Waals surface area contributed by atoms with Crippen molar-refractivity contribution in [3.05, 3.63) is 70.5 Å². The molecule has 0 unspecified atom stereocenters. The standard InChI is InChI=1S/C26H32N4O4/c1-16(2)13-27-26(32)24-21(14-28-30(24)5)29-25(31)19-9-10-22(33-6)20(12-19)15-34-23-11-17(3)7-8-18(23)4/h7-12,14,16H,13,15H2,1-6H3,(H,27,32)(H,29,31). The Kier molecular flexibility index (Phi) is 7.94. The number of nitrogens with one attached hydrogen (secondary N) is 2. The molecule has 0 spiro atoms. The lowest BCUT2D eigenvalue weighted by molar-refractivity contribution is 0.0940. The zero-order valence-corrected chi connectivity index (χ0v) is 20.6. The largest absolute Gasteiger partial charge is 0.496 e. The number of methoxy groups -OCH3 is 1. The normalized spacial score (nSPS) is 10.8. The highest BCUT2D eigenvalue weighted by Crippen LogP contribution is 2.25. The SMILES string of the molecule is COc1ccc(C(=O)Nc2cnn(C)c2C(=O)NCC(C)C)cc1COc1cc(C)ccc1C. The molecule has 2 aromatic carbocycles. The first-order valence-corrected chi connectivity index (χ1v) is 11.2. The van der Waals surface area contributed by atoms with Crippen LogP contribution in [0.5, 0.6) is 11.5 Å². The second kappa shape index (κ2) is 10.9. The minimum atomic E-state index is -0.360. The average molecular weight is 465 g/mol. The molecule has 8 nitrogen and oxygen atoms in total. The maximum atomic E-state index is 13.0. The number of aryl methyl sites for hydroxylation is 3. The molecule has 2 amide bonds. The Balaban J connectivity index is 1.78. The van der Waals surface area contributed by atoms with Gasteiger partial charge >= 0.3 is 0 Å². The second-order valence-electron chi connectivity index (χ2n) is 8.67. The number of anilines is 1. The molecule has 34 heavy (non-hydrogen) atoms. The van der Waals surface area contributed by atoms with Crippen molar-refractivity contribution in [2.45, 2.75) is 34.3 Å². The summed E-state index contributed by atoms with van der Waals surface area (Å²) in [7, 11) is 3.24. The van der Waals surface area contributed by atoms with Crippen molar-refractivity contribution in [2.24, 2.45) is 13.0 Å². The van der Waals surface area contributed by atoms with Crippen LogP contribution in [0, 0.1) is 19.8 Å². The molecule has 0 saturated heterocycles. The maximum Gasteiger partial charge on any atom is 0.271 e. The highest BCUT2D eigenvalue weighted by Gasteiger charge is 2.20. The van der Waals surface area contributed by atoms with Gasteiger partial charge in [0.05, 0.1) is 19.0 Å². The molecular weight excluding hydrogens is 432 g/mol. The molecule has 0 saturated carbocycles. The number of rotatable bonds is 9. The highest BCUT2D eigenvalue weighted by molar-refractivity contribution is 6.08. The number of aromatic nitrogens is 2. The first kappa shape index (κ1) is 24.8. The molecule has 0 bridgehead atoms. The summed E-state index contributed by atoms with van der Waals surface area (Å²) in [5.74, 6) is 1.06. The number of amides is 2. The van der Waals surface area contributed by atoms with E-state index in [-0.39, 0.29) is 18.4 Å². The van der Waals surface area contributed by atoms with E-state index in [1.165, 1.54) is 10.9 Å². The van der Waals surface area contributed by atoms with E-state index in [9.17, 15) is 9.59 Å². The first-order valence-electron chi connectivity index (χ1n) is 11.2. The van der Waals surface area contributed by atoms with Crippen molar-refractivity contribution in [3.63, 3.8) is 0 Å². The molecule has 1 aromatic heterocycles. The Bertz CT molecular complexity index is 1180. The molecule has 180 valence electrons. The van der Waals surface area contributed by atoms with Gasteiger partial charge in [-0.15, -0.1) is 0 Å². The Labute approximate surface area is 200 Å². The summed E-state index contributed by atoms with van der Waals surface area (Å²) >= 11 is 0.